The molecule has 3 aromatic rings. The number of aryl methyl sites for hydroxylation is 1. The number of benzene rings is 3. The molecule has 0 unspecified atom stereocenters. The molecule has 0 nitrogen and oxygen atoms in total. The summed E-state index contributed by atoms with van der Waals surface area (Å²) in [5, 5.41) is 0. The molecule has 106 valence electrons. The van der Waals surface area contributed by atoms with Crippen molar-refractivity contribution in [1.82, 2.24) is 0 Å². The molecule has 0 heterocycles. The van der Waals surface area contributed by atoms with E-state index in [-0.39, 0.29) is 0 Å². The fraction of sp³-hybridized carbons (Fsp3) is 0.0455. The van der Waals surface area contributed by atoms with Crippen LogP contribution in [0, 0.1) is 6.92 Å². The summed E-state index contributed by atoms with van der Waals surface area (Å²) in [5.74, 6) is 0. The highest BCUT2D eigenvalue weighted by molar-refractivity contribution is 5.81. The predicted molar refractivity (Wildman–Crippen MR) is 94.5 cm³/mol. The quantitative estimate of drug-likeness (QED) is 0.537. The zero-order valence-corrected chi connectivity index (χ0v) is 12.7. The van der Waals surface area contributed by atoms with Gasteiger partial charge in [-0.1, -0.05) is 84.9 Å². The van der Waals surface area contributed by atoms with Gasteiger partial charge in [0.2, 0.25) is 0 Å². The third kappa shape index (κ3) is 3.25. The van der Waals surface area contributed by atoms with Gasteiger partial charge in [0.15, 0.2) is 0 Å². The predicted octanol–water partition coefficient (Wildman–Crippen LogP) is 5.74. The van der Waals surface area contributed by atoms with Gasteiger partial charge in [0.05, 0.1) is 0 Å². The van der Waals surface area contributed by atoms with Crippen LogP contribution in [0.1, 0.15) is 22.3 Å². The van der Waals surface area contributed by atoms with Gasteiger partial charge < -0.3 is 0 Å². The van der Waals surface area contributed by atoms with Crippen molar-refractivity contribution in [2.75, 3.05) is 0 Å². The molecule has 0 N–H and O–H groups in total. The Hall–Kier alpha value is -2.82. The first kappa shape index (κ1) is 14.1. The Balaban J connectivity index is 2.14. The molecule has 0 radical (unpaired) electrons. The first-order valence-corrected chi connectivity index (χ1v) is 7.48. The van der Waals surface area contributed by atoms with Crippen molar-refractivity contribution < 1.29 is 0 Å². The molecular formula is C22H18. The molecule has 0 heteroatoms. The van der Waals surface area contributed by atoms with Crippen LogP contribution in [-0.4, -0.2) is 0 Å². The van der Waals surface area contributed by atoms with E-state index in [4.69, 9.17) is 0 Å². The van der Waals surface area contributed by atoms with Gasteiger partial charge in [-0.3, -0.25) is 0 Å². The van der Waals surface area contributed by atoms with Gasteiger partial charge in [0, 0.05) is 5.57 Å². The van der Waals surface area contributed by atoms with Crippen LogP contribution in [0.15, 0.2) is 90.7 Å². The summed E-state index contributed by atoms with van der Waals surface area (Å²) in [4.78, 5) is 0. The molecule has 0 spiro atoms. The summed E-state index contributed by atoms with van der Waals surface area (Å²) < 4.78 is 0. The van der Waals surface area contributed by atoms with Gasteiger partial charge >= 0.3 is 0 Å². The summed E-state index contributed by atoms with van der Waals surface area (Å²) in [5.41, 5.74) is 9.44. The van der Waals surface area contributed by atoms with E-state index in [1.165, 1.54) is 22.3 Å². The highest BCUT2D eigenvalue weighted by Crippen LogP contribution is 2.22. The molecule has 0 aliphatic heterocycles. The summed E-state index contributed by atoms with van der Waals surface area (Å²) in [7, 11) is 0. The smallest absolute Gasteiger partial charge is 0.0309 e. The van der Waals surface area contributed by atoms with Crippen LogP contribution >= 0.6 is 0 Å². The molecule has 3 rings (SSSR count). The summed E-state index contributed by atoms with van der Waals surface area (Å²) >= 11 is 0. The Kier molecular flexibility index (Phi) is 4.34. The highest BCUT2D eigenvalue weighted by Gasteiger charge is 2.03. The van der Waals surface area contributed by atoms with Crippen molar-refractivity contribution in [2.24, 2.45) is 0 Å². The minimum absolute atomic E-state index is 1.12. The Morgan fingerprint density at radius 2 is 1.18 bits per heavy atom. The third-order valence-electron chi connectivity index (χ3n) is 3.69. The van der Waals surface area contributed by atoms with Crippen LogP contribution < -0.4 is 0 Å². The van der Waals surface area contributed by atoms with Crippen molar-refractivity contribution in [3.8, 4) is 0 Å². The molecule has 0 amide bonds. The van der Waals surface area contributed by atoms with E-state index in [1.807, 2.05) is 12.1 Å². The Bertz CT molecular complexity index is 763. The van der Waals surface area contributed by atoms with E-state index in [0.29, 0.717) is 0 Å². The summed E-state index contributed by atoms with van der Waals surface area (Å²) in [6, 6.07) is 29.2. The Morgan fingerprint density at radius 1 is 0.682 bits per heavy atom. The van der Waals surface area contributed by atoms with Crippen LogP contribution in [0.3, 0.4) is 0 Å². The lowest BCUT2D eigenvalue weighted by atomic mass is 9.98. The van der Waals surface area contributed by atoms with Crippen LogP contribution in [0.4, 0.5) is 0 Å². The van der Waals surface area contributed by atoms with E-state index >= 15 is 0 Å². The number of rotatable bonds is 3. The molecule has 0 fully saturated rings. The van der Waals surface area contributed by atoms with Crippen LogP contribution in [0.2, 0.25) is 0 Å². The Labute approximate surface area is 132 Å². The average Bonchev–Trinajstić information content (AvgIpc) is 2.59. The normalized spacial score (nSPS) is 9.86. The Morgan fingerprint density at radius 3 is 1.73 bits per heavy atom. The standard InChI is InChI=1S/C22H18/c1-18-10-8-9-11-19(18)16-17-22(20-12-4-2-5-13-20)21-14-6-3-7-15-21/h2-16H,1H3. The molecule has 0 aliphatic carbocycles. The summed E-state index contributed by atoms with van der Waals surface area (Å²) in [6.07, 6.45) is 2.07. The fourth-order valence-electron chi connectivity index (χ4n) is 2.44. The van der Waals surface area contributed by atoms with Gasteiger partial charge in [-0.25, -0.2) is 0 Å². The molecule has 0 bridgehead atoms. The molecule has 0 aromatic heterocycles. The second-order valence-corrected chi connectivity index (χ2v) is 5.25. The minimum Gasteiger partial charge on any atom is -0.111 e. The molecule has 22 heavy (non-hydrogen) atoms. The average molecular weight is 282 g/mol. The lowest BCUT2D eigenvalue weighted by Gasteiger charge is -2.05. The first-order valence-electron chi connectivity index (χ1n) is 7.48. The number of hydrogen-bond acceptors (Lipinski definition) is 0. The topological polar surface area (TPSA) is 0 Å². The maximum absolute atomic E-state index is 3.50. The van der Waals surface area contributed by atoms with Crippen LogP contribution in [0.5, 0.6) is 0 Å². The fourth-order valence-corrected chi connectivity index (χ4v) is 2.44. The van der Waals surface area contributed by atoms with Gasteiger partial charge in [0.25, 0.3) is 0 Å². The second kappa shape index (κ2) is 6.76. The zero-order chi connectivity index (χ0) is 15.2. The van der Waals surface area contributed by atoms with Crippen molar-refractivity contribution in [3.63, 3.8) is 0 Å². The largest absolute Gasteiger partial charge is 0.111 e. The van der Waals surface area contributed by atoms with Crippen molar-refractivity contribution >= 4 is 11.6 Å². The van der Waals surface area contributed by atoms with Crippen molar-refractivity contribution in [1.29, 1.82) is 0 Å². The molecular weight excluding hydrogens is 264 g/mol. The maximum atomic E-state index is 3.50. The van der Waals surface area contributed by atoms with Crippen molar-refractivity contribution in [2.45, 2.75) is 6.92 Å². The lowest BCUT2D eigenvalue weighted by molar-refractivity contribution is 1.44. The molecule has 0 saturated carbocycles. The lowest BCUT2D eigenvalue weighted by Crippen LogP contribution is -1.86. The second-order valence-electron chi connectivity index (χ2n) is 5.25. The van der Waals surface area contributed by atoms with Gasteiger partial charge in [0.1, 0.15) is 0 Å². The maximum Gasteiger partial charge on any atom is 0.0309 e. The molecule has 3 aromatic carbocycles. The molecule has 0 aliphatic rings. The van der Waals surface area contributed by atoms with E-state index in [0.717, 1.165) is 5.57 Å². The number of hydrogen-bond donors (Lipinski definition) is 0. The van der Waals surface area contributed by atoms with E-state index < -0.39 is 0 Å². The van der Waals surface area contributed by atoms with E-state index in [9.17, 15) is 0 Å². The van der Waals surface area contributed by atoms with Gasteiger partial charge in [-0.05, 0) is 35.3 Å². The summed E-state index contributed by atoms with van der Waals surface area (Å²) in [6.45, 7) is 2.12. The monoisotopic (exact) mass is 282 g/mol. The van der Waals surface area contributed by atoms with Crippen LogP contribution in [0.25, 0.3) is 11.6 Å². The highest BCUT2D eigenvalue weighted by atomic mass is 14.1. The van der Waals surface area contributed by atoms with Crippen LogP contribution in [-0.2, 0) is 0 Å². The SMILES string of the molecule is Cc1ccccc1C=C=C(c1ccccc1)c1ccccc1. The van der Waals surface area contributed by atoms with Crippen molar-refractivity contribution in [3.05, 3.63) is 113 Å². The third-order valence-corrected chi connectivity index (χ3v) is 3.69. The molecule has 0 saturated heterocycles. The van der Waals surface area contributed by atoms with E-state index in [1.54, 1.807) is 0 Å². The molecule has 0 atom stereocenters. The van der Waals surface area contributed by atoms with Gasteiger partial charge in [-0.15, -0.1) is 5.73 Å². The van der Waals surface area contributed by atoms with E-state index in [2.05, 4.69) is 91.5 Å². The minimum atomic E-state index is 1.12. The zero-order valence-electron chi connectivity index (χ0n) is 12.7. The van der Waals surface area contributed by atoms with Gasteiger partial charge in [-0.2, -0.15) is 0 Å². The first-order chi connectivity index (χ1) is 10.8.